The molecule has 9 heteroatoms. The molecule has 0 saturated heterocycles. The van der Waals surface area contributed by atoms with Crippen molar-refractivity contribution in [3.05, 3.63) is 24.3 Å². The summed E-state index contributed by atoms with van der Waals surface area (Å²) in [5, 5.41) is 4.90. The first-order chi connectivity index (χ1) is 8.97. The molecule has 0 spiro atoms. The van der Waals surface area contributed by atoms with Crippen LogP contribution in [0.2, 0.25) is 0 Å². The van der Waals surface area contributed by atoms with Gasteiger partial charge in [-0.3, -0.25) is 4.79 Å². The van der Waals surface area contributed by atoms with Gasteiger partial charge in [-0.05, 0) is 24.3 Å². The molecule has 0 aromatic heterocycles. The number of amides is 2. The quantitative estimate of drug-likeness (QED) is 0.536. The second-order valence-electron chi connectivity index (χ2n) is 3.55. The summed E-state index contributed by atoms with van der Waals surface area (Å²) < 4.78 is 23.8. The predicted molar refractivity (Wildman–Crippen MR) is 77.6 cm³/mol. The van der Waals surface area contributed by atoms with Gasteiger partial charge < -0.3 is 19.9 Å². The van der Waals surface area contributed by atoms with Crippen LogP contribution in [0.15, 0.2) is 24.3 Å². The van der Waals surface area contributed by atoms with E-state index in [1.54, 1.807) is 12.1 Å². The van der Waals surface area contributed by atoms with Crippen LogP contribution in [0.4, 0.5) is 10.5 Å². The van der Waals surface area contributed by atoms with Crippen molar-refractivity contribution in [3.8, 4) is 5.75 Å². The molecular weight excluding hydrogens is 295 g/mol. The van der Waals surface area contributed by atoms with Crippen LogP contribution in [0, 0.1) is 0 Å². The van der Waals surface area contributed by atoms with Gasteiger partial charge in [0.15, 0.2) is 11.1 Å². The van der Waals surface area contributed by atoms with Gasteiger partial charge in [-0.2, -0.15) is 0 Å². The average Bonchev–Trinajstić information content (AvgIpc) is 2.30. The van der Waals surface area contributed by atoms with Crippen LogP contribution < -0.4 is 15.4 Å². The van der Waals surface area contributed by atoms with E-state index in [1.807, 2.05) is 0 Å². The standard InChI is InChI=1S/C11H14N2O5S.Na.H/c1-8(14)13-9-2-4-10(5-3-9)18-11(15)12-6-7-19(16)17;;/h2-5H,6-7H2,1H3,(H,12,15)(H,13,14)(H,16,17);;. The maximum absolute atomic E-state index is 11.3. The SMILES string of the molecule is CC(=O)Nc1ccc(OC(=O)NCCS(=O)O)cc1.[NaH]. The van der Waals surface area contributed by atoms with Gasteiger partial charge >= 0.3 is 35.7 Å². The minimum atomic E-state index is -1.95. The first-order valence-corrected chi connectivity index (χ1v) is 6.66. The van der Waals surface area contributed by atoms with E-state index in [0.717, 1.165) is 0 Å². The molecule has 0 saturated carbocycles. The Hall–Kier alpha value is -0.930. The summed E-state index contributed by atoms with van der Waals surface area (Å²) in [5.41, 5.74) is 0.593. The Bertz CT molecular complexity index is 480. The van der Waals surface area contributed by atoms with Crippen LogP contribution in [0.3, 0.4) is 0 Å². The van der Waals surface area contributed by atoms with Crippen LogP contribution in [0.5, 0.6) is 5.75 Å². The second kappa shape index (κ2) is 9.89. The molecule has 1 aromatic rings. The van der Waals surface area contributed by atoms with E-state index in [1.165, 1.54) is 19.1 Å². The third kappa shape index (κ3) is 8.28. The molecule has 106 valence electrons. The number of carbonyl (C=O) groups is 2. The van der Waals surface area contributed by atoms with Crippen LogP contribution in [-0.2, 0) is 15.9 Å². The minimum absolute atomic E-state index is 0. The third-order valence-corrected chi connectivity index (χ3v) is 2.48. The zero-order valence-corrected chi connectivity index (χ0v) is 11.0. The van der Waals surface area contributed by atoms with E-state index in [0.29, 0.717) is 11.4 Å². The van der Waals surface area contributed by atoms with E-state index in [2.05, 4.69) is 10.6 Å². The molecule has 0 aliphatic rings. The van der Waals surface area contributed by atoms with Crippen molar-refractivity contribution >= 4 is 58.3 Å². The molecule has 3 N–H and O–H groups in total. The molecule has 0 aliphatic carbocycles. The number of hydrogen-bond acceptors (Lipinski definition) is 4. The number of anilines is 1. The van der Waals surface area contributed by atoms with Crippen molar-refractivity contribution in [2.45, 2.75) is 6.92 Å². The number of benzene rings is 1. The van der Waals surface area contributed by atoms with E-state index in [-0.39, 0.29) is 47.8 Å². The molecule has 0 heterocycles. The van der Waals surface area contributed by atoms with Gasteiger partial charge in [-0.15, -0.1) is 0 Å². The number of hydrogen-bond donors (Lipinski definition) is 3. The number of carbonyl (C=O) groups excluding carboxylic acids is 2. The monoisotopic (exact) mass is 310 g/mol. The van der Waals surface area contributed by atoms with Crippen LogP contribution in [0.25, 0.3) is 0 Å². The predicted octanol–water partition coefficient (Wildman–Crippen LogP) is 0.307. The Kier molecular flexibility index (Phi) is 9.43. The van der Waals surface area contributed by atoms with Gasteiger partial charge in [0.25, 0.3) is 0 Å². The zero-order chi connectivity index (χ0) is 14.3. The van der Waals surface area contributed by atoms with Crippen molar-refractivity contribution in [3.63, 3.8) is 0 Å². The van der Waals surface area contributed by atoms with Crippen LogP contribution in [-0.4, -0.2) is 62.6 Å². The summed E-state index contributed by atoms with van der Waals surface area (Å²) in [4.78, 5) is 22.1. The van der Waals surface area contributed by atoms with Crippen molar-refractivity contribution in [2.75, 3.05) is 17.6 Å². The van der Waals surface area contributed by atoms with Crippen LogP contribution >= 0.6 is 0 Å². The summed E-state index contributed by atoms with van der Waals surface area (Å²) in [6.07, 6.45) is -0.710. The second-order valence-corrected chi connectivity index (χ2v) is 4.60. The first-order valence-electron chi connectivity index (χ1n) is 5.38. The Morgan fingerprint density at radius 2 is 1.90 bits per heavy atom. The molecule has 2 amide bonds. The Morgan fingerprint density at radius 1 is 1.30 bits per heavy atom. The van der Waals surface area contributed by atoms with E-state index in [4.69, 9.17) is 9.29 Å². The molecule has 1 atom stereocenters. The molecular formula is C11H15N2NaO5S. The normalized spacial score (nSPS) is 10.9. The van der Waals surface area contributed by atoms with Crippen LogP contribution in [0.1, 0.15) is 6.92 Å². The summed E-state index contributed by atoms with van der Waals surface area (Å²) >= 11 is -1.95. The fourth-order valence-corrected chi connectivity index (χ4v) is 1.47. The summed E-state index contributed by atoms with van der Waals surface area (Å²) in [5.74, 6) is 0.0523. The van der Waals surface area contributed by atoms with Gasteiger partial charge in [0, 0.05) is 19.2 Å². The van der Waals surface area contributed by atoms with E-state index < -0.39 is 17.2 Å². The summed E-state index contributed by atoms with van der Waals surface area (Å²) in [6, 6.07) is 6.23. The fourth-order valence-electron chi connectivity index (χ4n) is 1.19. The van der Waals surface area contributed by atoms with Gasteiger partial charge in [0.1, 0.15) is 5.75 Å². The molecule has 1 rings (SSSR count). The molecule has 0 aliphatic heterocycles. The molecule has 1 unspecified atom stereocenters. The van der Waals surface area contributed by atoms with E-state index in [9.17, 15) is 13.8 Å². The fraction of sp³-hybridized carbons (Fsp3) is 0.273. The van der Waals surface area contributed by atoms with Gasteiger partial charge in [-0.1, -0.05) is 0 Å². The number of rotatable bonds is 5. The molecule has 0 fully saturated rings. The average molecular weight is 310 g/mol. The summed E-state index contributed by atoms with van der Waals surface area (Å²) in [6.45, 7) is 1.44. The summed E-state index contributed by atoms with van der Waals surface area (Å²) in [7, 11) is 0. The van der Waals surface area contributed by atoms with Gasteiger partial charge in [0.2, 0.25) is 5.91 Å². The topological polar surface area (TPSA) is 105 Å². The molecule has 0 bridgehead atoms. The molecule has 0 radical (unpaired) electrons. The Labute approximate surface area is 141 Å². The van der Waals surface area contributed by atoms with Crippen molar-refractivity contribution in [2.24, 2.45) is 0 Å². The van der Waals surface area contributed by atoms with Crippen molar-refractivity contribution in [1.29, 1.82) is 0 Å². The molecule has 1 aromatic carbocycles. The van der Waals surface area contributed by atoms with Crippen molar-refractivity contribution in [1.82, 2.24) is 5.32 Å². The molecule has 7 nitrogen and oxygen atoms in total. The molecule has 20 heavy (non-hydrogen) atoms. The third-order valence-electron chi connectivity index (χ3n) is 1.93. The van der Waals surface area contributed by atoms with E-state index >= 15 is 0 Å². The van der Waals surface area contributed by atoms with Gasteiger partial charge in [0.05, 0.1) is 5.75 Å². The zero-order valence-electron chi connectivity index (χ0n) is 10.2. The van der Waals surface area contributed by atoms with Gasteiger partial charge in [-0.25, -0.2) is 9.00 Å². The Balaban J connectivity index is 0.00000361. The van der Waals surface area contributed by atoms with Crippen molar-refractivity contribution < 1.29 is 23.1 Å². The maximum atomic E-state index is 11.3. The number of nitrogens with one attached hydrogen (secondary N) is 2. The number of ether oxygens (including phenoxy) is 1. The Morgan fingerprint density at radius 3 is 2.40 bits per heavy atom. The first kappa shape index (κ1) is 19.1.